The van der Waals surface area contributed by atoms with Gasteiger partial charge in [0.15, 0.2) is 0 Å². The SMILES string of the molecule is O=C([O-])CCN1C(=O)/C(=C2\C(=O)N(Cc3ccc(F)cc3)c3ccccc32)SC1=S. The van der Waals surface area contributed by atoms with Crippen LogP contribution in [0, 0.1) is 5.82 Å². The van der Waals surface area contributed by atoms with Crippen molar-refractivity contribution in [1.82, 2.24) is 4.90 Å². The molecule has 0 radical (unpaired) electrons. The number of thiocarbonyl (C=S) groups is 1. The summed E-state index contributed by atoms with van der Waals surface area (Å²) >= 11 is 6.21. The van der Waals surface area contributed by atoms with Crippen molar-refractivity contribution < 1.29 is 23.9 Å². The average Bonchev–Trinajstić information content (AvgIpc) is 3.15. The molecule has 0 aliphatic carbocycles. The second-order valence-electron chi connectivity index (χ2n) is 6.69. The van der Waals surface area contributed by atoms with Crippen molar-refractivity contribution in [3.05, 3.63) is 70.4 Å². The van der Waals surface area contributed by atoms with Gasteiger partial charge in [-0.15, -0.1) is 0 Å². The van der Waals surface area contributed by atoms with Gasteiger partial charge in [-0.3, -0.25) is 14.5 Å². The fraction of sp³-hybridized carbons (Fsp3) is 0.143. The number of thioether (sulfide) groups is 1. The number of nitrogens with zero attached hydrogens (tertiary/aromatic N) is 2. The highest BCUT2D eigenvalue weighted by Crippen LogP contribution is 2.44. The Bertz CT molecular complexity index is 1110. The zero-order chi connectivity index (χ0) is 21.4. The molecule has 0 unspecified atom stereocenters. The van der Waals surface area contributed by atoms with Crippen LogP contribution in [0.4, 0.5) is 10.1 Å². The van der Waals surface area contributed by atoms with Gasteiger partial charge >= 0.3 is 0 Å². The number of carboxylic acids is 1. The van der Waals surface area contributed by atoms with Crippen molar-refractivity contribution in [2.24, 2.45) is 0 Å². The molecule has 30 heavy (non-hydrogen) atoms. The van der Waals surface area contributed by atoms with Crippen LogP contribution in [0.15, 0.2) is 53.4 Å². The summed E-state index contributed by atoms with van der Waals surface area (Å²) in [6, 6.07) is 12.9. The van der Waals surface area contributed by atoms with E-state index in [0.29, 0.717) is 11.3 Å². The van der Waals surface area contributed by atoms with E-state index in [2.05, 4.69) is 0 Å². The third-order valence-corrected chi connectivity index (χ3v) is 6.24. The molecule has 0 aromatic heterocycles. The van der Waals surface area contributed by atoms with Crippen LogP contribution in [-0.4, -0.2) is 33.5 Å². The number of carbonyl (C=O) groups is 3. The Morgan fingerprint density at radius 3 is 2.43 bits per heavy atom. The lowest BCUT2D eigenvalue weighted by Crippen LogP contribution is -2.34. The fourth-order valence-electron chi connectivity index (χ4n) is 3.37. The zero-order valence-corrected chi connectivity index (χ0v) is 17.1. The molecule has 4 rings (SSSR count). The van der Waals surface area contributed by atoms with E-state index >= 15 is 0 Å². The Hall–Kier alpha value is -3.04. The number of hydrogen-bond donors (Lipinski definition) is 0. The van der Waals surface area contributed by atoms with Crippen molar-refractivity contribution in [2.75, 3.05) is 11.4 Å². The number of hydrogen-bond acceptors (Lipinski definition) is 6. The average molecular weight is 441 g/mol. The van der Waals surface area contributed by atoms with Crippen molar-refractivity contribution in [1.29, 1.82) is 0 Å². The summed E-state index contributed by atoms with van der Waals surface area (Å²) in [5.74, 6) is -2.51. The van der Waals surface area contributed by atoms with Crippen molar-refractivity contribution in [2.45, 2.75) is 13.0 Å². The smallest absolute Gasteiger partial charge is 0.267 e. The second kappa shape index (κ2) is 8.00. The Morgan fingerprint density at radius 2 is 1.73 bits per heavy atom. The molecule has 0 atom stereocenters. The predicted molar refractivity (Wildman–Crippen MR) is 112 cm³/mol. The van der Waals surface area contributed by atoms with Gasteiger partial charge in [-0.2, -0.15) is 0 Å². The van der Waals surface area contributed by atoms with E-state index in [4.69, 9.17) is 12.2 Å². The number of rotatable bonds is 5. The molecule has 0 N–H and O–H groups in total. The maximum atomic E-state index is 13.3. The molecule has 2 aromatic carbocycles. The Morgan fingerprint density at radius 1 is 1.03 bits per heavy atom. The lowest BCUT2D eigenvalue weighted by Gasteiger charge is -2.17. The number of carbonyl (C=O) groups excluding carboxylic acids is 3. The molecule has 9 heteroatoms. The fourth-order valence-corrected chi connectivity index (χ4v) is 4.75. The van der Waals surface area contributed by atoms with E-state index in [1.807, 2.05) is 0 Å². The largest absolute Gasteiger partial charge is 0.550 e. The van der Waals surface area contributed by atoms with Gasteiger partial charge in [-0.25, -0.2) is 4.39 Å². The molecule has 2 aliphatic rings. The van der Waals surface area contributed by atoms with Crippen molar-refractivity contribution >= 4 is 57.3 Å². The minimum atomic E-state index is -1.29. The van der Waals surface area contributed by atoms with Crippen LogP contribution >= 0.6 is 24.0 Å². The van der Waals surface area contributed by atoms with E-state index in [1.54, 1.807) is 36.4 Å². The van der Waals surface area contributed by atoms with E-state index in [0.717, 1.165) is 17.3 Å². The van der Waals surface area contributed by atoms with Gasteiger partial charge in [0.2, 0.25) is 0 Å². The summed E-state index contributed by atoms with van der Waals surface area (Å²) in [6.07, 6.45) is -0.351. The number of halogens is 1. The predicted octanol–water partition coefficient (Wildman–Crippen LogP) is 2.08. The van der Waals surface area contributed by atoms with E-state index in [9.17, 15) is 23.9 Å². The summed E-state index contributed by atoms with van der Waals surface area (Å²) in [5, 5.41) is 10.8. The van der Waals surface area contributed by atoms with Crippen LogP contribution in [0.2, 0.25) is 0 Å². The first-order chi connectivity index (χ1) is 14.4. The number of fused-ring (bicyclic) bond motifs is 1. The van der Waals surface area contributed by atoms with Gasteiger partial charge in [-0.05, 0) is 23.8 Å². The molecule has 2 amide bonds. The number of anilines is 1. The number of aliphatic carboxylic acids is 1. The van der Waals surface area contributed by atoms with Gasteiger partial charge in [0.1, 0.15) is 10.1 Å². The maximum Gasteiger partial charge on any atom is 0.267 e. The first kappa shape index (κ1) is 20.2. The monoisotopic (exact) mass is 441 g/mol. The third kappa shape index (κ3) is 3.61. The van der Waals surface area contributed by atoms with Crippen LogP contribution in [0.1, 0.15) is 17.5 Å². The summed E-state index contributed by atoms with van der Waals surface area (Å²) in [6.45, 7) is 0.101. The molecular formula is C21H14FN2O4S2-. The molecule has 0 bridgehead atoms. The lowest BCUT2D eigenvalue weighted by molar-refractivity contribution is -0.305. The molecule has 152 valence electrons. The minimum Gasteiger partial charge on any atom is -0.550 e. The molecule has 2 aliphatic heterocycles. The third-order valence-electron chi connectivity index (χ3n) is 4.79. The summed E-state index contributed by atoms with van der Waals surface area (Å²) in [4.78, 5) is 39.9. The number of benzene rings is 2. The lowest BCUT2D eigenvalue weighted by atomic mass is 10.1. The molecule has 2 heterocycles. The summed E-state index contributed by atoms with van der Waals surface area (Å²) < 4.78 is 13.4. The topological polar surface area (TPSA) is 80.7 Å². The second-order valence-corrected chi connectivity index (χ2v) is 8.33. The standard InChI is InChI=1S/C21H15FN2O4S2/c22-13-7-5-12(6-8-13)11-24-15-4-2-1-3-14(15)17(19(24)27)18-20(28)23(21(29)30-18)10-9-16(25)26/h1-8H,9-11H2,(H,25,26)/p-1/b18-17+. The number of amides is 2. The molecular weight excluding hydrogens is 427 g/mol. The Balaban J connectivity index is 1.71. The van der Waals surface area contributed by atoms with E-state index < -0.39 is 11.9 Å². The number of carboxylic acid groups (broad SMARTS) is 1. The first-order valence-electron chi connectivity index (χ1n) is 9.00. The zero-order valence-electron chi connectivity index (χ0n) is 15.5. The van der Waals surface area contributed by atoms with Crippen LogP contribution in [-0.2, 0) is 20.9 Å². The van der Waals surface area contributed by atoms with Gasteiger partial charge in [-0.1, -0.05) is 54.3 Å². The Kier molecular flexibility index (Phi) is 5.40. The van der Waals surface area contributed by atoms with Crippen molar-refractivity contribution in [3.63, 3.8) is 0 Å². The summed E-state index contributed by atoms with van der Waals surface area (Å²) in [5.41, 5.74) is 2.22. The van der Waals surface area contributed by atoms with Crippen molar-refractivity contribution in [3.8, 4) is 0 Å². The van der Waals surface area contributed by atoms with Gasteiger partial charge in [0.05, 0.1) is 22.7 Å². The van der Waals surface area contributed by atoms with Crippen LogP contribution in [0.3, 0.4) is 0 Å². The van der Waals surface area contributed by atoms with E-state index in [1.165, 1.54) is 21.9 Å². The molecule has 2 aromatic rings. The quantitative estimate of drug-likeness (QED) is 0.522. The highest BCUT2D eigenvalue weighted by molar-refractivity contribution is 8.26. The van der Waals surface area contributed by atoms with Crippen LogP contribution in [0.25, 0.3) is 5.57 Å². The first-order valence-corrected chi connectivity index (χ1v) is 10.2. The molecule has 0 saturated carbocycles. The number of para-hydroxylation sites is 1. The molecule has 0 spiro atoms. The molecule has 1 saturated heterocycles. The summed E-state index contributed by atoms with van der Waals surface area (Å²) in [7, 11) is 0. The Labute approximate surface area is 181 Å². The molecule has 1 fully saturated rings. The molecule has 6 nitrogen and oxygen atoms in total. The maximum absolute atomic E-state index is 13.3. The van der Waals surface area contributed by atoms with Crippen LogP contribution in [0.5, 0.6) is 0 Å². The minimum absolute atomic E-state index is 0.112. The van der Waals surface area contributed by atoms with Gasteiger partial charge < -0.3 is 14.8 Å². The highest BCUT2D eigenvalue weighted by atomic mass is 32.2. The van der Waals surface area contributed by atoms with E-state index in [-0.39, 0.29) is 46.0 Å². The normalized spacial score (nSPS) is 18.4. The van der Waals surface area contributed by atoms with Gasteiger partial charge in [0, 0.05) is 24.5 Å². The van der Waals surface area contributed by atoms with Gasteiger partial charge in [0.25, 0.3) is 11.8 Å². The van der Waals surface area contributed by atoms with Crippen LogP contribution < -0.4 is 10.0 Å². The highest BCUT2D eigenvalue weighted by Gasteiger charge is 2.41.